The van der Waals surface area contributed by atoms with Crippen molar-refractivity contribution < 1.29 is 14.3 Å². The summed E-state index contributed by atoms with van der Waals surface area (Å²) in [5.41, 5.74) is 1.75. The molecule has 1 N–H and O–H groups in total. The lowest BCUT2D eigenvalue weighted by molar-refractivity contribution is -0.120. The summed E-state index contributed by atoms with van der Waals surface area (Å²) in [7, 11) is 0. The van der Waals surface area contributed by atoms with Gasteiger partial charge < -0.3 is 14.8 Å². The van der Waals surface area contributed by atoms with Crippen LogP contribution >= 0.6 is 11.3 Å². The average Bonchev–Trinajstić information content (AvgIpc) is 3.21. The number of benzene rings is 1. The van der Waals surface area contributed by atoms with Crippen molar-refractivity contribution in [3.05, 3.63) is 39.8 Å². The fourth-order valence-corrected chi connectivity index (χ4v) is 3.30. The Labute approximate surface area is 146 Å². The second-order valence-electron chi connectivity index (χ2n) is 6.49. The zero-order valence-electron chi connectivity index (χ0n) is 14.2. The van der Waals surface area contributed by atoms with E-state index in [1.807, 2.05) is 23.6 Å². The number of carbonyl (C=O) groups is 1. The zero-order valence-corrected chi connectivity index (χ0v) is 15.0. The van der Waals surface area contributed by atoms with Gasteiger partial charge in [0.2, 0.25) is 12.7 Å². The number of fused-ring (bicyclic) bond motifs is 1. The highest BCUT2D eigenvalue weighted by Crippen LogP contribution is 2.36. The topological polar surface area (TPSA) is 60.5 Å². The third kappa shape index (κ3) is 3.70. The van der Waals surface area contributed by atoms with Gasteiger partial charge in [-0.1, -0.05) is 26.8 Å². The summed E-state index contributed by atoms with van der Waals surface area (Å²) < 4.78 is 10.8. The van der Waals surface area contributed by atoms with E-state index in [1.54, 1.807) is 11.3 Å². The molecule has 0 aliphatic carbocycles. The molecule has 0 bridgehead atoms. The van der Waals surface area contributed by atoms with Gasteiger partial charge >= 0.3 is 0 Å². The smallest absolute Gasteiger partial charge is 0.231 e. The maximum Gasteiger partial charge on any atom is 0.231 e. The molecule has 0 saturated heterocycles. The van der Waals surface area contributed by atoms with Crippen LogP contribution in [0, 0.1) is 0 Å². The van der Waals surface area contributed by atoms with Crippen LogP contribution in [-0.2, 0) is 23.1 Å². The van der Waals surface area contributed by atoms with E-state index in [-0.39, 0.29) is 18.1 Å². The standard InChI is InChI=1S/C18H22N2O3S/c1-4-17-20-13(9-24-17)8-16(21)19-10-18(2,3)12-5-6-14-15(7-12)23-11-22-14/h5-7,9H,4,8,10-11H2,1-3H3,(H,19,21). The molecule has 1 aromatic carbocycles. The molecule has 6 heteroatoms. The molecule has 24 heavy (non-hydrogen) atoms. The molecular weight excluding hydrogens is 324 g/mol. The first-order chi connectivity index (χ1) is 11.5. The molecule has 3 rings (SSSR count). The van der Waals surface area contributed by atoms with Gasteiger partial charge in [-0.15, -0.1) is 11.3 Å². The predicted octanol–water partition coefficient (Wildman–Crippen LogP) is 3.07. The summed E-state index contributed by atoms with van der Waals surface area (Å²) in [5.74, 6) is 1.53. The van der Waals surface area contributed by atoms with Crippen LogP contribution in [0.4, 0.5) is 0 Å². The van der Waals surface area contributed by atoms with Gasteiger partial charge in [-0.05, 0) is 24.1 Å². The lowest BCUT2D eigenvalue weighted by atomic mass is 9.84. The zero-order chi connectivity index (χ0) is 17.2. The summed E-state index contributed by atoms with van der Waals surface area (Å²) >= 11 is 1.61. The average molecular weight is 346 g/mol. The van der Waals surface area contributed by atoms with E-state index in [2.05, 4.69) is 31.1 Å². The summed E-state index contributed by atoms with van der Waals surface area (Å²) in [4.78, 5) is 16.6. The number of carbonyl (C=O) groups excluding carboxylic acids is 1. The van der Waals surface area contributed by atoms with Crippen LogP contribution in [0.2, 0.25) is 0 Å². The Bertz CT molecular complexity index is 740. The van der Waals surface area contributed by atoms with Crippen LogP contribution in [0.15, 0.2) is 23.6 Å². The lowest BCUT2D eigenvalue weighted by Crippen LogP contribution is -2.37. The number of hydrogen-bond donors (Lipinski definition) is 1. The van der Waals surface area contributed by atoms with Crippen LogP contribution in [0.25, 0.3) is 0 Å². The third-order valence-corrected chi connectivity index (χ3v) is 5.17. The summed E-state index contributed by atoms with van der Waals surface area (Å²) in [5, 5.41) is 6.05. The van der Waals surface area contributed by atoms with Crippen molar-refractivity contribution in [3.8, 4) is 11.5 Å². The van der Waals surface area contributed by atoms with E-state index in [0.717, 1.165) is 34.2 Å². The van der Waals surface area contributed by atoms with Gasteiger partial charge in [0, 0.05) is 17.3 Å². The monoisotopic (exact) mass is 346 g/mol. The number of aromatic nitrogens is 1. The molecule has 0 radical (unpaired) electrons. The quantitative estimate of drug-likeness (QED) is 0.873. The fraction of sp³-hybridized carbons (Fsp3) is 0.444. The Morgan fingerprint density at radius 3 is 2.88 bits per heavy atom. The van der Waals surface area contributed by atoms with Gasteiger partial charge in [0.1, 0.15) is 0 Å². The molecule has 0 spiro atoms. The van der Waals surface area contributed by atoms with Gasteiger partial charge in [-0.3, -0.25) is 4.79 Å². The maximum atomic E-state index is 12.2. The van der Waals surface area contributed by atoms with Crippen LogP contribution in [0.3, 0.4) is 0 Å². The van der Waals surface area contributed by atoms with Gasteiger partial charge in [-0.25, -0.2) is 4.98 Å². The number of nitrogens with zero attached hydrogens (tertiary/aromatic N) is 1. The molecule has 5 nitrogen and oxygen atoms in total. The molecule has 1 aromatic heterocycles. The van der Waals surface area contributed by atoms with E-state index in [1.165, 1.54) is 0 Å². The SMILES string of the molecule is CCc1nc(CC(=O)NCC(C)(C)c2ccc3c(c2)OCO3)cs1. The van der Waals surface area contributed by atoms with E-state index in [9.17, 15) is 4.79 Å². The molecular formula is C18H22N2O3S. The van der Waals surface area contributed by atoms with Crippen molar-refractivity contribution in [2.75, 3.05) is 13.3 Å². The Hall–Kier alpha value is -2.08. The van der Waals surface area contributed by atoms with Crippen molar-refractivity contribution in [2.24, 2.45) is 0 Å². The van der Waals surface area contributed by atoms with Crippen molar-refractivity contribution in [1.82, 2.24) is 10.3 Å². The second-order valence-corrected chi connectivity index (χ2v) is 7.43. The maximum absolute atomic E-state index is 12.2. The molecule has 1 aliphatic heterocycles. The van der Waals surface area contributed by atoms with E-state index < -0.39 is 0 Å². The molecule has 0 fully saturated rings. The van der Waals surface area contributed by atoms with Gasteiger partial charge in [0.05, 0.1) is 17.1 Å². The Morgan fingerprint density at radius 1 is 1.33 bits per heavy atom. The van der Waals surface area contributed by atoms with E-state index in [0.29, 0.717) is 13.0 Å². The molecule has 0 saturated carbocycles. The summed E-state index contributed by atoms with van der Waals surface area (Å²) in [6, 6.07) is 5.93. The van der Waals surface area contributed by atoms with E-state index >= 15 is 0 Å². The molecule has 2 heterocycles. The van der Waals surface area contributed by atoms with Crippen LogP contribution in [0.5, 0.6) is 11.5 Å². The molecule has 1 aliphatic rings. The minimum atomic E-state index is -0.201. The highest BCUT2D eigenvalue weighted by Gasteiger charge is 2.24. The third-order valence-electron chi connectivity index (χ3n) is 4.12. The van der Waals surface area contributed by atoms with Gasteiger partial charge in [0.15, 0.2) is 11.5 Å². The normalized spacial score (nSPS) is 13.1. The minimum Gasteiger partial charge on any atom is -0.454 e. The van der Waals surface area contributed by atoms with Crippen LogP contribution in [0.1, 0.15) is 37.0 Å². The fourth-order valence-electron chi connectivity index (χ4n) is 2.56. The highest BCUT2D eigenvalue weighted by molar-refractivity contribution is 7.09. The largest absolute Gasteiger partial charge is 0.454 e. The van der Waals surface area contributed by atoms with Gasteiger partial charge in [0.25, 0.3) is 0 Å². The summed E-state index contributed by atoms with van der Waals surface area (Å²) in [6.07, 6.45) is 1.23. The number of amides is 1. The van der Waals surface area contributed by atoms with Crippen molar-refractivity contribution in [2.45, 2.75) is 39.0 Å². The Balaban J connectivity index is 1.59. The van der Waals surface area contributed by atoms with Gasteiger partial charge in [-0.2, -0.15) is 0 Å². The van der Waals surface area contributed by atoms with Crippen LogP contribution in [-0.4, -0.2) is 24.2 Å². The second kappa shape index (κ2) is 6.81. The number of rotatable bonds is 6. The number of aryl methyl sites for hydroxylation is 1. The van der Waals surface area contributed by atoms with Crippen LogP contribution < -0.4 is 14.8 Å². The van der Waals surface area contributed by atoms with Crippen molar-refractivity contribution >= 4 is 17.2 Å². The summed E-state index contributed by atoms with van der Waals surface area (Å²) in [6.45, 7) is 7.09. The minimum absolute atomic E-state index is 0.00299. The first-order valence-electron chi connectivity index (χ1n) is 8.08. The predicted molar refractivity (Wildman–Crippen MR) is 93.8 cm³/mol. The van der Waals surface area contributed by atoms with Crippen molar-refractivity contribution in [3.63, 3.8) is 0 Å². The number of hydrogen-bond acceptors (Lipinski definition) is 5. The van der Waals surface area contributed by atoms with Crippen molar-refractivity contribution in [1.29, 1.82) is 0 Å². The van der Waals surface area contributed by atoms with E-state index in [4.69, 9.17) is 9.47 Å². The molecule has 0 atom stereocenters. The lowest BCUT2D eigenvalue weighted by Gasteiger charge is -2.26. The first-order valence-corrected chi connectivity index (χ1v) is 8.96. The Morgan fingerprint density at radius 2 is 2.12 bits per heavy atom. The molecule has 1 amide bonds. The molecule has 2 aromatic rings. The first kappa shape index (κ1) is 16.8. The number of ether oxygens (including phenoxy) is 2. The number of nitrogens with one attached hydrogen (secondary N) is 1. The molecule has 128 valence electrons. The number of thiazole rings is 1. The highest BCUT2D eigenvalue weighted by atomic mass is 32.1. The Kier molecular flexibility index (Phi) is 4.76. The molecule has 0 unspecified atom stereocenters.